The molecule has 0 fully saturated rings. The Morgan fingerprint density at radius 1 is 1.24 bits per heavy atom. The van der Waals surface area contributed by atoms with Gasteiger partial charge in [0.25, 0.3) is 0 Å². The Hall–Kier alpha value is -2.04. The first kappa shape index (κ1) is 19.3. The second-order valence-electron chi connectivity index (χ2n) is 8.15. The van der Waals surface area contributed by atoms with Crippen LogP contribution in [0.25, 0.3) is 0 Å². The van der Waals surface area contributed by atoms with E-state index >= 15 is 0 Å². The topological polar surface area (TPSA) is 61.6 Å². The van der Waals surface area contributed by atoms with E-state index in [-0.39, 0.29) is 5.97 Å². The van der Waals surface area contributed by atoms with Crippen LogP contribution in [0, 0.1) is 26.0 Å². The number of hydroxylamine groups is 1. The van der Waals surface area contributed by atoms with E-state index in [9.17, 15) is 10.0 Å². The van der Waals surface area contributed by atoms with Gasteiger partial charge in [-0.05, 0) is 50.8 Å². The van der Waals surface area contributed by atoms with Crippen LogP contribution in [0.2, 0.25) is 0 Å². The first-order valence-corrected chi connectivity index (χ1v) is 8.68. The van der Waals surface area contributed by atoms with Crippen LogP contribution in [0.4, 0.5) is 0 Å². The molecule has 5 heteroatoms. The Balaban J connectivity index is 2.50. The predicted octanol–water partition coefficient (Wildman–Crippen LogP) is 4.00. The van der Waals surface area contributed by atoms with Gasteiger partial charge in [0.1, 0.15) is 11.5 Å². The first-order chi connectivity index (χ1) is 11.4. The van der Waals surface area contributed by atoms with Gasteiger partial charge >= 0.3 is 5.97 Å². The number of hydrogen-bond donors (Lipinski definition) is 0. The van der Waals surface area contributed by atoms with Gasteiger partial charge in [-0.25, -0.2) is 4.74 Å². The van der Waals surface area contributed by atoms with Gasteiger partial charge in [-0.15, -0.1) is 0 Å². The lowest BCUT2D eigenvalue weighted by Crippen LogP contribution is -2.44. The summed E-state index contributed by atoms with van der Waals surface area (Å²) in [6, 6.07) is 0. The molecule has 0 aliphatic carbocycles. The van der Waals surface area contributed by atoms with E-state index < -0.39 is 11.1 Å². The van der Waals surface area contributed by atoms with Gasteiger partial charge in [-0.3, -0.25) is 4.79 Å². The van der Waals surface area contributed by atoms with Crippen molar-refractivity contribution in [2.75, 3.05) is 0 Å². The quantitative estimate of drug-likeness (QED) is 0.203. The number of benzene rings is 1. The number of rotatable bonds is 2. The fraction of sp³-hybridized carbons (Fsp3) is 0.600. The van der Waals surface area contributed by atoms with Gasteiger partial charge in [0, 0.05) is 39.7 Å². The maximum Gasteiger partial charge on any atom is 0.308 e. The van der Waals surface area contributed by atoms with Gasteiger partial charge in [0.2, 0.25) is 0 Å². The second kappa shape index (κ2) is 6.36. The number of nitrogens with zero attached hydrogens (tertiary/aromatic N) is 1. The molecule has 138 valence electrons. The standard InChI is InChI=1S/C20H29NO4/c1-12-13(2)18-16(14(3)17(12)24-15(4)22)9-10-20(8,25-18)11-21(23)19(5,6)7/h11H,9-10H2,1-8H3/b21-11-. The lowest BCUT2D eigenvalue weighted by molar-refractivity contribution is -0.534. The Bertz CT molecular complexity index is 743. The molecule has 0 amide bonds. The highest BCUT2D eigenvalue weighted by Crippen LogP contribution is 2.43. The molecule has 25 heavy (non-hydrogen) atoms. The number of ether oxygens (including phenoxy) is 2. The molecular formula is C20H29NO4. The lowest BCUT2D eigenvalue weighted by atomic mass is 9.87. The number of esters is 1. The molecule has 0 radical (unpaired) electrons. The summed E-state index contributed by atoms with van der Waals surface area (Å²) in [5, 5.41) is 12.4. The molecule has 2 rings (SSSR count). The molecule has 1 aliphatic heterocycles. The van der Waals surface area contributed by atoms with Crippen LogP contribution in [0.1, 0.15) is 63.3 Å². The van der Waals surface area contributed by atoms with Crippen molar-refractivity contribution in [3.05, 3.63) is 27.5 Å². The van der Waals surface area contributed by atoms with Crippen LogP contribution in [-0.4, -0.2) is 28.1 Å². The SMILES string of the molecule is CC(=O)Oc1c(C)c(C)c2c(c1C)CCC(C)(/C=[N+](\[O-])C(C)(C)C)O2. The summed E-state index contributed by atoms with van der Waals surface area (Å²) in [4.78, 5) is 11.4. The molecule has 1 atom stereocenters. The molecule has 1 aromatic carbocycles. The molecular weight excluding hydrogens is 318 g/mol. The Kier molecular flexibility index (Phi) is 4.90. The summed E-state index contributed by atoms with van der Waals surface area (Å²) in [7, 11) is 0. The van der Waals surface area contributed by atoms with Crippen LogP contribution < -0.4 is 9.47 Å². The third kappa shape index (κ3) is 3.80. The normalized spacial score (nSPS) is 20.7. The van der Waals surface area contributed by atoms with Gasteiger partial charge in [0.05, 0.1) is 0 Å². The first-order valence-electron chi connectivity index (χ1n) is 8.68. The van der Waals surface area contributed by atoms with Crippen molar-refractivity contribution in [3.8, 4) is 11.5 Å². The molecule has 1 aromatic rings. The van der Waals surface area contributed by atoms with Crippen LogP contribution >= 0.6 is 0 Å². The Morgan fingerprint density at radius 3 is 2.36 bits per heavy atom. The van der Waals surface area contributed by atoms with Crippen molar-refractivity contribution in [1.82, 2.24) is 0 Å². The van der Waals surface area contributed by atoms with Crippen LogP contribution in [0.15, 0.2) is 0 Å². The minimum Gasteiger partial charge on any atom is -0.624 e. The Labute approximate surface area is 150 Å². The number of carbonyl (C=O) groups excluding carboxylic acids is 1. The fourth-order valence-electron chi connectivity index (χ4n) is 3.08. The largest absolute Gasteiger partial charge is 0.624 e. The average Bonchev–Trinajstić information content (AvgIpc) is 2.48. The van der Waals surface area contributed by atoms with Gasteiger partial charge in [-0.2, -0.15) is 0 Å². The molecule has 0 N–H and O–H groups in total. The van der Waals surface area contributed by atoms with E-state index in [2.05, 4.69) is 0 Å². The minimum absolute atomic E-state index is 0.326. The second-order valence-corrected chi connectivity index (χ2v) is 8.15. The van der Waals surface area contributed by atoms with E-state index in [1.165, 1.54) is 6.92 Å². The van der Waals surface area contributed by atoms with Crippen LogP contribution in [0.3, 0.4) is 0 Å². The van der Waals surface area contributed by atoms with E-state index in [1.807, 2.05) is 48.5 Å². The summed E-state index contributed by atoms with van der Waals surface area (Å²) in [6.45, 7) is 14.8. The summed E-state index contributed by atoms with van der Waals surface area (Å²) in [5.41, 5.74) is 2.67. The zero-order chi connectivity index (χ0) is 19.2. The average molecular weight is 347 g/mol. The summed E-state index contributed by atoms with van der Waals surface area (Å²) >= 11 is 0. The number of carbonyl (C=O) groups is 1. The smallest absolute Gasteiger partial charge is 0.308 e. The van der Waals surface area contributed by atoms with Crippen molar-refractivity contribution in [2.24, 2.45) is 0 Å². The monoisotopic (exact) mass is 347 g/mol. The molecule has 0 bridgehead atoms. The van der Waals surface area contributed by atoms with Gasteiger partial charge in [0.15, 0.2) is 17.4 Å². The third-order valence-electron chi connectivity index (χ3n) is 4.81. The van der Waals surface area contributed by atoms with E-state index in [0.29, 0.717) is 12.2 Å². The fourth-order valence-corrected chi connectivity index (χ4v) is 3.08. The van der Waals surface area contributed by atoms with Crippen molar-refractivity contribution >= 4 is 12.2 Å². The summed E-state index contributed by atoms with van der Waals surface area (Å²) < 4.78 is 12.7. The zero-order valence-electron chi connectivity index (χ0n) is 16.6. The highest BCUT2D eigenvalue weighted by molar-refractivity contribution is 5.73. The molecule has 0 spiro atoms. The Morgan fingerprint density at radius 2 is 1.84 bits per heavy atom. The van der Waals surface area contributed by atoms with Crippen molar-refractivity contribution in [3.63, 3.8) is 0 Å². The van der Waals surface area contributed by atoms with Crippen molar-refractivity contribution < 1.29 is 19.0 Å². The summed E-state index contributed by atoms with van der Waals surface area (Å²) in [6.07, 6.45) is 3.10. The number of hydrogen-bond acceptors (Lipinski definition) is 4. The maximum absolute atomic E-state index is 12.4. The van der Waals surface area contributed by atoms with E-state index in [1.54, 1.807) is 6.21 Å². The molecule has 1 unspecified atom stereocenters. The summed E-state index contributed by atoms with van der Waals surface area (Å²) in [5.74, 6) is 1.10. The predicted molar refractivity (Wildman–Crippen MR) is 98.8 cm³/mol. The zero-order valence-corrected chi connectivity index (χ0v) is 16.6. The minimum atomic E-state index is -0.658. The third-order valence-corrected chi connectivity index (χ3v) is 4.81. The maximum atomic E-state index is 12.4. The van der Waals surface area contributed by atoms with Gasteiger partial charge in [-0.1, -0.05) is 0 Å². The number of fused-ring (bicyclic) bond motifs is 1. The molecule has 1 heterocycles. The molecule has 1 aliphatic rings. The van der Waals surface area contributed by atoms with Crippen LogP contribution in [-0.2, 0) is 11.2 Å². The molecule has 0 saturated carbocycles. The highest BCUT2D eigenvalue weighted by atomic mass is 16.5. The van der Waals surface area contributed by atoms with Crippen molar-refractivity contribution in [1.29, 1.82) is 0 Å². The van der Waals surface area contributed by atoms with Crippen molar-refractivity contribution in [2.45, 2.75) is 79.4 Å². The van der Waals surface area contributed by atoms with Gasteiger partial charge < -0.3 is 14.7 Å². The highest BCUT2D eigenvalue weighted by Gasteiger charge is 2.37. The molecule has 0 saturated heterocycles. The molecule has 0 aromatic heterocycles. The molecule has 5 nitrogen and oxygen atoms in total. The lowest BCUT2D eigenvalue weighted by Gasteiger charge is -2.35. The van der Waals surface area contributed by atoms with E-state index in [4.69, 9.17) is 9.47 Å². The van der Waals surface area contributed by atoms with E-state index in [0.717, 1.165) is 39.2 Å². The van der Waals surface area contributed by atoms with Crippen LogP contribution in [0.5, 0.6) is 11.5 Å².